The van der Waals surface area contributed by atoms with E-state index in [1.807, 2.05) is 18.2 Å². The molecule has 0 radical (unpaired) electrons. The maximum Gasteiger partial charge on any atom is 1.00 e. The summed E-state index contributed by atoms with van der Waals surface area (Å²) in [5.41, 5.74) is 2.38. The molecule has 0 aromatic heterocycles. The standard InChI is InChI=1S/C8H9.K/c1-7-5-3-4-6-8(7)2;/h3-6H,1H2,2H3;/q-1;+1. The zero-order chi connectivity index (χ0) is 5.98. The first kappa shape index (κ1) is 9.73. The molecular formula is C8H9K. The van der Waals surface area contributed by atoms with Gasteiger partial charge in [0.25, 0.3) is 0 Å². The van der Waals surface area contributed by atoms with Crippen molar-refractivity contribution in [3.8, 4) is 0 Å². The molecule has 42 valence electrons. The fourth-order valence-corrected chi connectivity index (χ4v) is 0.610. The molecule has 0 spiro atoms. The summed E-state index contributed by atoms with van der Waals surface area (Å²) in [6.07, 6.45) is 0. The van der Waals surface area contributed by atoms with Gasteiger partial charge in [0.05, 0.1) is 0 Å². The van der Waals surface area contributed by atoms with Crippen LogP contribution in [-0.2, 0) is 0 Å². The fourth-order valence-electron chi connectivity index (χ4n) is 0.610. The molecule has 0 N–H and O–H groups in total. The molecule has 1 aromatic carbocycles. The second-order valence-corrected chi connectivity index (χ2v) is 1.93. The van der Waals surface area contributed by atoms with Crippen LogP contribution >= 0.6 is 0 Å². The molecule has 0 bridgehead atoms. The Morgan fingerprint density at radius 2 is 1.78 bits per heavy atom. The van der Waals surface area contributed by atoms with Crippen molar-refractivity contribution in [2.75, 3.05) is 0 Å². The topological polar surface area (TPSA) is 0 Å². The number of hydrogen-bond acceptors (Lipinski definition) is 0. The minimum absolute atomic E-state index is 0. The number of benzene rings is 1. The zero-order valence-corrected chi connectivity index (χ0v) is 9.14. The average molecular weight is 144 g/mol. The third-order valence-electron chi connectivity index (χ3n) is 1.26. The molecule has 0 aliphatic heterocycles. The van der Waals surface area contributed by atoms with E-state index in [1.165, 1.54) is 5.56 Å². The van der Waals surface area contributed by atoms with E-state index in [1.54, 1.807) is 0 Å². The van der Waals surface area contributed by atoms with E-state index in [9.17, 15) is 0 Å². The summed E-state index contributed by atoms with van der Waals surface area (Å²) < 4.78 is 0. The summed E-state index contributed by atoms with van der Waals surface area (Å²) in [6, 6.07) is 8.08. The Balaban J connectivity index is 0.000000640. The van der Waals surface area contributed by atoms with Gasteiger partial charge in [-0.1, -0.05) is 13.0 Å². The molecular weight excluding hydrogens is 135 g/mol. The smallest absolute Gasteiger partial charge is 0.198 e. The van der Waals surface area contributed by atoms with Crippen molar-refractivity contribution in [3.63, 3.8) is 0 Å². The normalized spacial score (nSPS) is 8.11. The van der Waals surface area contributed by atoms with Crippen LogP contribution < -0.4 is 51.4 Å². The quantitative estimate of drug-likeness (QED) is 0.330. The maximum atomic E-state index is 3.82. The summed E-state index contributed by atoms with van der Waals surface area (Å²) in [5, 5.41) is 0. The van der Waals surface area contributed by atoms with Crippen LogP contribution in [-0.4, -0.2) is 0 Å². The minimum Gasteiger partial charge on any atom is -0.198 e. The van der Waals surface area contributed by atoms with Gasteiger partial charge < -0.3 is 0 Å². The Kier molecular flexibility index (Phi) is 4.89. The van der Waals surface area contributed by atoms with E-state index in [0.29, 0.717) is 0 Å². The van der Waals surface area contributed by atoms with Crippen LogP contribution in [0.4, 0.5) is 0 Å². The summed E-state index contributed by atoms with van der Waals surface area (Å²) in [6.45, 7) is 5.88. The third-order valence-corrected chi connectivity index (χ3v) is 1.26. The maximum absolute atomic E-state index is 3.82. The van der Waals surface area contributed by atoms with E-state index >= 15 is 0 Å². The van der Waals surface area contributed by atoms with Crippen LogP contribution in [0.3, 0.4) is 0 Å². The Morgan fingerprint density at radius 1 is 1.22 bits per heavy atom. The van der Waals surface area contributed by atoms with Gasteiger partial charge in [-0.25, -0.2) is 0 Å². The molecule has 0 saturated heterocycles. The molecule has 1 rings (SSSR count). The van der Waals surface area contributed by atoms with Crippen molar-refractivity contribution < 1.29 is 51.4 Å². The van der Waals surface area contributed by atoms with E-state index < -0.39 is 0 Å². The van der Waals surface area contributed by atoms with E-state index in [2.05, 4.69) is 19.9 Å². The molecule has 0 aliphatic rings. The number of aryl methyl sites for hydroxylation is 1. The molecule has 0 aliphatic carbocycles. The van der Waals surface area contributed by atoms with Crippen molar-refractivity contribution in [1.82, 2.24) is 0 Å². The molecule has 0 nitrogen and oxygen atoms in total. The molecule has 0 amide bonds. The monoisotopic (exact) mass is 144 g/mol. The van der Waals surface area contributed by atoms with Crippen LogP contribution in [0.5, 0.6) is 0 Å². The van der Waals surface area contributed by atoms with Gasteiger partial charge in [0, 0.05) is 0 Å². The van der Waals surface area contributed by atoms with Gasteiger partial charge in [-0.15, -0.1) is 12.1 Å². The van der Waals surface area contributed by atoms with Gasteiger partial charge >= 0.3 is 51.4 Å². The fraction of sp³-hybridized carbons (Fsp3) is 0.125. The molecule has 0 unspecified atom stereocenters. The van der Waals surface area contributed by atoms with Crippen LogP contribution in [0.1, 0.15) is 11.1 Å². The van der Waals surface area contributed by atoms with Gasteiger partial charge in [0.15, 0.2) is 0 Å². The molecule has 0 fully saturated rings. The van der Waals surface area contributed by atoms with Crippen LogP contribution in [0.25, 0.3) is 0 Å². The summed E-state index contributed by atoms with van der Waals surface area (Å²) in [4.78, 5) is 0. The van der Waals surface area contributed by atoms with Gasteiger partial charge in [0.1, 0.15) is 0 Å². The Hall–Kier alpha value is 0.726. The second-order valence-electron chi connectivity index (χ2n) is 1.93. The molecule has 0 saturated carbocycles. The Bertz CT molecular complexity index is 161. The number of rotatable bonds is 0. The summed E-state index contributed by atoms with van der Waals surface area (Å²) >= 11 is 0. The molecule has 9 heavy (non-hydrogen) atoms. The van der Waals surface area contributed by atoms with Gasteiger partial charge in [-0.05, 0) is 0 Å². The average Bonchev–Trinajstić information content (AvgIpc) is 1.77. The largest absolute Gasteiger partial charge is 1.00 e. The van der Waals surface area contributed by atoms with Crippen molar-refractivity contribution >= 4 is 0 Å². The van der Waals surface area contributed by atoms with Crippen molar-refractivity contribution in [1.29, 1.82) is 0 Å². The molecule has 1 heteroatoms. The number of hydrogen-bond donors (Lipinski definition) is 0. The van der Waals surface area contributed by atoms with Gasteiger partial charge in [-0.3, -0.25) is 0 Å². The minimum atomic E-state index is 0. The predicted molar refractivity (Wildman–Crippen MR) is 35.6 cm³/mol. The van der Waals surface area contributed by atoms with Crippen molar-refractivity contribution in [3.05, 3.63) is 42.3 Å². The van der Waals surface area contributed by atoms with Crippen molar-refractivity contribution in [2.24, 2.45) is 0 Å². The van der Waals surface area contributed by atoms with Crippen LogP contribution in [0.15, 0.2) is 24.3 Å². The van der Waals surface area contributed by atoms with E-state index in [-0.39, 0.29) is 51.4 Å². The summed E-state index contributed by atoms with van der Waals surface area (Å²) in [7, 11) is 0. The first-order valence-electron chi connectivity index (χ1n) is 2.68. The zero-order valence-electron chi connectivity index (χ0n) is 6.02. The van der Waals surface area contributed by atoms with Crippen LogP contribution in [0, 0.1) is 13.8 Å². The van der Waals surface area contributed by atoms with Gasteiger partial charge in [0.2, 0.25) is 0 Å². The SMILES string of the molecule is [CH2-]c1ccccc1C.[K+]. The second kappa shape index (κ2) is 4.53. The Morgan fingerprint density at radius 3 is 2.11 bits per heavy atom. The first-order chi connectivity index (χ1) is 3.80. The van der Waals surface area contributed by atoms with Crippen LogP contribution in [0.2, 0.25) is 0 Å². The van der Waals surface area contributed by atoms with Crippen molar-refractivity contribution in [2.45, 2.75) is 6.92 Å². The third kappa shape index (κ3) is 2.87. The van der Waals surface area contributed by atoms with E-state index in [4.69, 9.17) is 0 Å². The molecule has 1 aromatic rings. The first-order valence-corrected chi connectivity index (χ1v) is 2.68. The molecule has 0 atom stereocenters. The molecule has 0 heterocycles. The predicted octanol–water partition coefficient (Wildman–Crippen LogP) is -0.819. The van der Waals surface area contributed by atoms with E-state index in [0.717, 1.165) is 5.56 Å². The van der Waals surface area contributed by atoms with Gasteiger partial charge in [-0.2, -0.15) is 24.1 Å². The summed E-state index contributed by atoms with van der Waals surface area (Å²) in [5.74, 6) is 0. The Labute approximate surface area is 99.1 Å².